The summed E-state index contributed by atoms with van der Waals surface area (Å²) in [6.07, 6.45) is 6.66. The summed E-state index contributed by atoms with van der Waals surface area (Å²) in [6.45, 7) is 9.55. The van der Waals surface area contributed by atoms with Crippen molar-refractivity contribution in [2.45, 2.75) is 46.0 Å². The van der Waals surface area contributed by atoms with Gasteiger partial charge in [0.05, 0.1) is 0 Å². The van der Waals surface area contributed by atoms with Crippen molar-refractivity contribution in [1.82, 2.24) is 10.6 Å². The van der Waals surface area contributed by atoms with Crippen LogP contribution in [-0.2, 0) is 0 Å². The van der Waals surface area contributed by atoms with Crippen molar-refractivity contribution >= 4 is 0 Å². The monoisotopic (exact) mass is 198 g/mol. The van der Waals surface area contributed by atoms with Crippen LogP contribution < -0.4 is 10.6 Å². The molecule has 0 aromatic heterocycles. The minimum absolute atomic E-state index is 0.544. The topological polar surface area (TPSA) is 24.1 Å². The highest BCUT2D eigenvalue weighted by Gasteiger charge is 2.16. The Morgan fingerprint density at radius 1 is 0.714 bits per heavy atom. The molecule has 1 fully saturated rings. The number of rotatable bonds is 0. The second-order valence-corrected chi connectivity index (χ2v) is 5.22. The van der Waals surface area contributed by atoms with Crippen LogP contribution in [0.25, 0.3) is 0 Å². The molecule has 0 unspecified atom stereocenters. The van der Waals surface area contributed by atoms with Gasteiger partial charge in [-0.05, 0) is 63.7 Å². The van der Waals surface area contributed by atoms with Crippen LogP contribution in [0.1, 0.15) is 46.0 Å². The average molecular weight is 198 g/mol. The number of hydrogen-bond acceptors (Lipinski definition) is 2. The highest BCUT2D eigenvalue weighted by Crippen LogP contribution is 2.27. The van der Waals surface area contributed by atoms with E-state index < -0.39 is 0 Å². The fraction of sp³-hybridized carbons (Fsp3) is 1.00. The summed E-state index contributed by atoms with van der Waals surface area (Å²) in [4.78, 5) is 0. The highest BCUT2D eigenvalue weighted by atomic mass is 14.9. The van der Waals surface area contributed by atoms with Crippen molar-refractivity contribution in [2.24, 2.45) is 5.41 Å². The van der Waals surface area contributed by atoms with Crippen LogP contribution in [0, 0.1) is 5.41 Å². The van der Waals surface area contributed by atoms with E-state index in [1.165, 1.54) is 58.3 Å². The largest absolute Gasteiger partial charge is 0.317 e. The highest BCUT2D eigenvalue weighted by molar-refractivity contribution is 4.70. The molecule has 1 rings (SSSR count). The second kappa shape index (κ2) is 6.41. The van der Waals surface area contributed by atoms with Gasteiger partial charge in [-0.25, -0.2) is 0 Å². The molecular formula is C12H26N2. The first-order chi connectivity index (χ1) is 6.71. The Kier molecular flexibility index (Phi) is 5.49. The van der Waals surface area contributed by atoms with Gasteiger partial charge in [0, 0.05) is 0 Å². The molecule has 1 aliphatic heterocycles. The molecule has 0 bridgehead atoms. The first-order valence-electron chi connectivity index (χ1n) is 6.12. The molecule has 84 valence electrons. The smallest absolute Gasteiger partial charge is 0.00368 e. The zero-order valence-corrected chi connectivity index (χ0v) is 9.86. The Labute approximate surface area is 88.8 Å². The standard InChI is InChI=1S/C12H26N2/c1-12(2)6-3-8-13-10-5-11-14-9-4-7-12/h13-14H,3-11H2,1-2H3. The third-order valence-electron chi connectivity index (χ3n) is 3.12. The van der Waals surface area contributed by atoms with E-state index >= 15 is 0 Å². The molecule has 2 nitrogen and oxygen atoms in total. The van der Waals surface area contributed by atoms with Gasteiger partial charge in [0.15, 0.2) is 0 Å². The first kappa shape index (κ1) is 12.0. The average Bonchev–Trinajstić information content (AvgIpc) is 2.11. The van der Waals surface area contributed by atoms with Crippen molar-refractivity contribution in [3.63, 3.8) is 0 Å². The lowest BCUT2D eigenvalue weighted by atomic mass is 9.83. The molecule has 0 spiro atoms. The van der Waals surface area contributed by atoms with E-state index in [0.29, 0.717) is 5.41 Å². The molecule has 0 aromatic carbocycles. The molecule has 2 N–H and O–H groups in total. The summed E-state index contributed by atoms with van der Waals surface area (Å²) in [5.74, 6) is 0. The van der Waals surface area contributed by atoms with Crippen LogP contribution in [0.3, 0.4) is 0 Å². The minimum atomic E-state index is 0.544. The number of hydrogen-bond donors (Lipinski definition) is 2. The SMILES string of the molecule is CC1(C)CCCNCCCNCCC1. The zero-order chi connectivity index (χ0) is 10.3. The van der Waals surface area contributed by atoms with Crippen LogP contribution in [-0.4, -0.2) is 26.2 Å². The lowest BCUT2D eigenvalue weighted by Crippen LogP contribution is -2.26. The fourth-order valence-corrected chi connectivity index (χ4v) is 2.10. The third kappa shape index (κ3) is 5.61. The predicted molar refractivity (Wildman–Crippen MR) is 62.6 cm³/mol. The Balaban J connectivity index is 2.24. The van der Waals surface area contributed by atoms with Crippen molar-refractivity contribution in [3.05, 3.63) is 0 Å². The maximum Gasteiger partial charge on any atom is -0.00368 e. The Hall–Kier alpha value is -0.0800. The van der Waals surface area contributed by atoms with Gasteiger partial charge < -0.3 is 10.6 Å². The van der Waals surface area contributed by atoms with E-state index in [4.69, 9.17) is 0 Å². The van der Waals surface area contributed by atoms with E-state index in [1.54, 1.807) is 0 Å². The van der Waals surface area contributed by atoms with E-state index in [9.17, 15) is 0 Å². The quantitative estimate of drug-likeness (QED) is 0.623. The van der Waals surface area contributed by atoms with Crippen LogP contribution in [0.4, 0.5) is 0 Å². The first-order valence-corrected chi connectivity index (χ1v) is 6.12. The molecule has 0 atom stereocenters. The molecular weight excluding hydrogens is 172 g/mol. The third-order valence-corrected chi connectivity index (χ3v) is 3.12. The molecule has 1 aliphatic rings. The number of nitrogens with one attached hydrogen (secondary N) is 2. The van der Waals surface area contributed by atoms with Crippen molar-refractivity contribution < 1.29 is 0 Å². The molecule has 1 heterocycles. The van der Waals surface area contributed by atoms with Gasteiger partial charge >= 0.3 is 0 Å². The minimum Gasteiger partial charge on any atom is -0.317 e. The Morgan fingerprint density at radius 3 is 1.64 bits per heavy atom. The Morgan fingerprint density at radius 2 is 1.14 bits per heavy atom. The van der Waals surface area contributed by atoms with E-state index in [0.717, 1.165) is 0 Å². The molecule has 0 saturated carbocycles. The van der Waals surface area contributed by atoms with Crippen molar-refractivity contribution in [2.75, 3.05) is 26.2 Å². The van der Waals surface area contributed by atoms with Crippen molar-refractivity contribution in [3.8, 4) is 0 Å². The molecule has 0 amide bonds. The second-order valence-electron chi connectivity index (χ2n) is 5.22. The maximum atomic E-state index is 3.50. The van der Waals surface area contributed by atoms with Crippen LogP contribution in [0.5, 0.6) is 0 Å². The predicted octanol–water partition coefficient (Wildman–Crippen LogP) is 2.16. The molecule has 14 heavy (non-hydrogen) atoms. The van der Waals surface area contributed by atoms with Gasteiger partial charge in [-0.1, -0.05) is 13.8 Å². The van der Waals surface area contributed by atoms with Gasteiger partial charge in [0.1, 0.15) is 0 Å². The normalized spacial score (nSPS) is 26.1. The summed E-state index contributed by atoms with van der Waals surface area (Å²) in [5, 5.41) is 7.00. The van der Waals surface area contributed by atoms with Crippen LogP contribution in [0.15, 0.2) is 0 Å². The van der Waals surface area contributed by atoms with E-state index in [2.05, 4.69) is 24.5 Å². The van der Waals surface area contributed by atoms with E-state index in [-0.39, 0.29) is 0 Å². The van der Waals surface area contributed by atoms with Gasteiger partial charge in [0.2, 0.25) is 0 Å². The van der Waals surface area contributed by atoms with Gasteiger partial charge in [-0.3, -0.25) is 0 Å². The fourth-order valence-electron chi connectivity index (χ4n) is 2.10. The summed E-state index contributed by atoms with van der Waals surface area (Å²) < 4.78 is 0. The molecule has 0 aromatic rings. The summed E-state index contributed by atoms with van der Waals surface area (Å²) in [6, 6.07) is 0. The van der Waals surface area contributed by atoms with E-state index in [1.807, 2.05) is 0 Å². The lowest BCUT2D eigenvalue weighted by Gasteiger charge is -2.25. The maximum absolute atomic E-state index is 3.50. The molecule has 2 heteroatoms. The van der Waals surface area contributed by atoms with Gasteiger partial charge in [-0.2, -0.15) is 0 Å². The summed E-state index contributed by atoms with van der Waals surface area (Å²) in [5.41, 5.74) is 0.544. The molecule has 1 saturated heterocycles. The molecule has 0 aliphatic carbocycles. The van der Waals surface area contributed by atoms with Gasteiger partial charge in [0.25, 0.3) is 0 Å². The summed E-state index contributed by atoms with van der Waals surface area (Å²) in [7, 11) is 0. The van der Waals surface area contributed by atoms with Crippen LogP contribution >= 0.6 is 0 Å². The lowest BCUT2D eigenvalue weighted by molar-refractivity contribution is 0.285. The van der Waals surface area contributed by atoms with Crippen molar-refractivity contribution in [1.29, 1.82) is 0 Å². The Bertz CT molecular complexity index is 129. The zero-order valence-electron chi connectivity index (χ0n) is 9.86. The van der Waals surface area contributed by atoms with Gasteiger partial charge in [-0.15, -0.1) is 0 Å². The summed E-state index contributed by atoms with van der Waals surface area (Å²) >= 11 is 0. The van der Waals surface area contributed by atoms with Crippen LogP contribution in [0.2, 0.25) is 0 Å². The molecule has 0 radical (unpaired) electrons.